The van der Waals surface area contributed by atoms with Gasteiger partial charge in [-0.15, -0.1) is 0 Å². The molecule has 0 radical (unpaired) electrons. The first kappa shape index (κ1) is 10.7. The maximum atomic E-state index is 11.7. The van der Waals surface area contributed by atoms with Gasteiger partial charge in [0.2, 0.25) is 0 Å². The summed E-state index contributed by atoms with van der Waals surface area (Å²) in [6.45, 7) is 6.48. The zero-order valence-electron chi connectivity index (χ0n) is 8.84. The van der Waals surface area contributed by atoms with Crippen LogP contribution in [0.1, 0.15) is 40.0 Å². The molecule has 0 amide bonds. The Morgan fingerprint density at radius 2 is 2.23 bits per heavy atom. The number of aliphatic hydroxyl groups is 1. The van der Waals surface area contributed by atoms with Crippen molar-refractivity contribution in [2.45, 2.75) is 40.0 Å². The van der Waals surface area contributed by atoms with Crippen molar-refractivity contribution in [3.05, 3.63) is 0 Å². The highest BCUT2D eigenvalue weighted by molar-refractivity contribution is 5.86. The molecule has 0 aromatic carbocycles. The lowest BCUT2D eigenvalue weighted by Gasteiger charge is -2.32. The van der Waals surface area contributed by atoms with E-state index in [1.807, 2.05) is 6.92 Å². The molecule has 1 N–H and O–H groups in total. The Bertz CT molecular complexity index is 198. The van der Waals surface area contributed by atoms with Crippen LogP contribution in [0.2, 0.25) is 0 Å². The van der Waals surface area contributed by atoms with Gasteiger partial charge in [-0.2, -0.15) is 0 Å². The molecular weight excluding hydrogens is 164 g/mol. The fourth-order valence-corrected chi connectivity index (χ4v) is 2.72. The van der Waals surface area contributed by atoms with Gasteiger partial charge in [0.05, 0.1) is 0 Å². The highest BCUT2D eigenvalue weighted by Gasteiger charge is 2.46. The van der Waals surface area contributed by atoms with E-state index in [4.69, 9.17) is 5.11 Å². The summed E-state index contributed by atoms with van der Waals surface area (Å²) < 4.78 is 0. The van der Waals surface area contributed by atoms with Crippen LogP contribution in [0.3, 0.4) is 0 Å². The minimum atomic E-state index is -0.247. The first-order valence-electron chi connectivity index (χ1n) is 5.16. The maximum Gasteiger partial charge on any atom is 0.139 e. The predicted octanol–water partition coefficient (Wildman–Crippen LogP) is 2.01. The molecule has 0 aromatic rings. The first-order chi connectivity index (χ1) is 6.02. The Balaban J connectivity index is 2.81. The van der Waals surface area contributed by atoms with Gasteiger partial charge in [-0.3, -0.25) is 4.79 Å². The summed E-state index contributed by atoms with van der Waals surface area (Å²) >= 11 is 0. The third-order valence-electron chi connectivity index (χ3n) is 3.57. The molecule has 1 aliphatic rings. The van der Waals surface area contributed by atoms with Crippen LogP contribution in [0.25, 0.3) is 0 Å². The van der Waals surface area contributed by atoms with E-state index in [2.05, 4.69) is 13.8 Å². The van der Waals surface area contributed by atoms with Gasteiger partial charge in [-0.1, -0.05) is 20.8 Å². The number of hydrogen-bond acceptors (Lipinski definition) is 2. The molecule has 2 nitrogen and oxygen atoms in total. The van der Waals surface area contributed by atoms with Gasteiger partial charge >= 0.3 is 0 Å². The second-order valence-corrected chi connectivity index (χ2v) is 4.70. The molecular formula is C11H20O2. The third kappa shape index (κ3) is 1.78. The number of Topliss-reactive ketones (excluding diaryl/α,β-unsaturated/α-hetero) is 1. The molecule has 1 fully saturated rings. The minimum Gasteiger partial charge on any atom is -0.396 e. The van der Waals surface area contributed by atoms with Crippen molar-refractivity contribution in [2.24, 2.45) is 17.3 Å². The zero-order valence-corrected chi connectivity index (χ0v) is 8.84. The van der Waals surface area contributed by atoms with Crippen LogP contribution in [0.4, 0.5) is 0 Å². The fraction of sp³-hybridized carbons (Fsp3) is 0.909. The molecule has 76 valence electrons. The van der Waals surface area contributed by atoms with E-state index >= 15 is 0 Å². The first-order valence-corrected chi connectivity index (χ1v) is 5.16. The van der Waals surface area contributed by atoms with Crippen LogP contribution in [0.15, 0.2) is 0 Å². The molecule has 2 atom stereocenters. The number of aliphatic hydroxyl groups excluding tert-OH is 1. The highest BCUT2D eigenvalue weighted by atomic mass is 16.3. The Morgan fingerprint density at radius 3 is 2.69 bits per heavy atom. The van der Waals surface area contributed by atoms with Gasteiger partial charge in [0.15, 0.2) is 0 Å². The zero-order chi connectivity index (χ0) is 10.1. The van der Waals surface area contributed by atoms with E-state index in [1.54, 1.807) is 0 Å². The van der Waals surface area contributed by atoms with Crippen molar-refractivity contribution in [1.29, 1.82) is 0 Å². The van der Waals surface area contributed by atoms with Crippen molar-refractivity contribution in [1.82, 2.24) is 0 Å². The van der Waals surface area contributed by atoms with Crippen LogP contribution >= 0.6 is 0 Å². The number of carbonyl (C=O) groups excluding carboxylic acids is 1. The van der Waals surface area contributed by atoms with Crippen LogP contribution in [-0.4, -0.2) is 17.5 Å². The average Bonchev–Trinajstić information content (AvgIpc) is 2.29. The summed E-state index contributed by atoms with van der Waals surface area (Å²) in [5, 5.41) is 8.96. The van der Waals surface area contributed by atoms with Crippen molar-refractivity contribution in [3.8, 4) is 0 Å². The monoisotopic (exact) mass is 184 g/mol. The molecule has 0 bridgehead atoms. The number of rotatable bonds is 3. The lowest BCUT2D eigenvalue weighted by molar-refractivity contribution is -0.127. The Hall–Kier alpha value is -0.370. The van der Waals surface area contributed by atoms with E-state index in [-0.39, 0.29) is 12.0 Å². The Kier molecular flexibility index (Phi) is 3.12. The molecule has 0 aliphatic heterocycles. The van der Waals surface area contributed by atoms with E-state index in [1.165, 1.54) is 0 Å². The molecule has 0 aromatic heterocycles. The number of carbonyl (C=O) groups is 1. The van der Waals surface area contributed by atoms with Crippen LogP contribution in [-0.2, 0) is 4.79 Å². The predicted molar refractivity (Wildman–Crippen MR) is 52.4 cm³/mol. The molecule has 1 rings (SSSR count). The lowest BCUT2D eigenvalue weighted by Crippen LogP contribution is -2.32. The Labute approximate surface area is 80.3 Å². The summed E-state index contributed by atoms with van der Waals surface area (Å²) in [7, 11) is 0. The van der Waals surface area contributed by atoms with Gasteiger partial charge in [0.1, 0.15) is 5.78 Å². The molecule has 0 saturated heterocycles. The van der Waals surface area contributed by atoms with Gasteiger partial charge in [0.25, 0.3) is 0 Å². The van der Waals surface area contributed by atoms with Gasteiger partial charge < -0.3 is 5.11 Å². The quantitative estimate of drug-likeness (QED) is 0.728. The molecule has 0 heterocycles. The lowest BCUT2D eigenvalue weighted by atomic mass is 9.71. The van der Waals surface area contributed by atoms with Crippen LogP contribution in [0.5, 0.6) is 0 Å². The summed E-state index contributed by atoms with van der Waals surface area (Å²) in [5.74, 6) is 1.36. The van der Waals surface area contributed by atoms with Crippen molar-refractivity contribution in [3.63, 3.8) is 0 Å². The maximum absolute atomic E-state index is 11.7. The largest absolute Gasteiger partial charge is 0.396 e. The molecule has 0 unspecified atom stereocenters. The smallest absolute Gasteiger partial charge is 0.139 e. The van der Waals surface area contributed by atoms with Gasteiger partial charge in [-0.25, -0.2) is 0 Å². The second-order valence-electron chi connectivity index (χ2n) is 4.70. The molecule has 1 aliphatic carbocycles. The summed E-state index contributed by atoms with van der Waals surface area (Å²) in [6.07, 6.45) is 2.35. The van der Waals surface area contributed by atoms with E-state index in [0.29, 0.717) is 30.5 Å². The second kappa shape index (κ2) is 3.79. The SMILES string of the molecule is CC(C)[C@@H]1CCC(=O)[C@@]1(C)CCO. The van der Waals surface area contributed by atoms with Crippen LogP contribution < -0.4 is 0 Å². The molecule has 1 saturated carbocycles. The van der Waals surface area contributed by atoms with Crippen molar-refractivity contribution >= 4 is 5.78 Å². The van der Waals surface area contributed by atoms with E-state index in [9.17, 15) is 4.79 Å². The van der Waals surface area contributed by atoms with Crippen molar-refractivity contribution in [2.75, 3.05) is 6.61 Å². The number of hydrogen-bond donors (Lipinski definition) is 1. The fourth-order valence-electron chi connectivity index (χ4n) is 2.72. The molecule has 0 spiro atoms. The average molecular weight is 184 g/mol. The van der Waals surface area contributed by atoms with Gasteiger partial charge in [0, 0.05) is 18.4 Å². The standard InChI is InChI=1S/C11H20O2/c1-8(2)9-4-5-10(13)11(9,3)6-7-12/h8-9,12H,4-7H2,1-3H3/t9-,11-/m0/s1. The Morgan fingerprint density at radius 1 is 1.62 bits per heavy atom. The topological polar surface area (TPSA) is 37.3 Å². The summed E-state index contributed by atoms with van der Waals surface area (Å²) in [6, 6.07) is 0. The molecule has 13 heavy (non-hydrogen) atoms. The van der Waals surface area contributed by atoms with Gasteiger partial charge in [-0.05, 0) is 24.7 Å². The third-order valence-corrected chi connectivity index (χ3v) is 3.57. The molecule has 2 heteroatoms. The number of ketones is 1. The summed E-state index contributed by atoms with van der Waals surface area (Å²) in [5.41, 5.74) is -0.247. The normalized spacial score (nSPS) is 34.5. The summed E-state index contributed by atoms with van der Waals surface area (Å²) in [4.78, 5) is 11.7. The van der Waals surface area contributed by atoms with E-state index in [0.717, 1.165) is 6.42 Å². The highest BCUT2D eigenvalue weighted by Crippen LogP contribution is 2.46. The van der Waals surface area contributed by atoms with Crippen LogP contribution in [0, 0.1) is 17.3 Å². The van der Waals surface area contributed by atoms with E-state index < -0.39 is 0 Å². The minimum absolute atomic E-state index is 0.130. The van der Waals surface area contributed by atoms with Crippen molar-refractivity contribution < 1.29 is 9.90 Å².